The first-order valence-electron chi connectivity index (χ1n) is 9.08. The Bertz CT molecular complexity index is 1000. The van der Waals surface area contributed by atoms with Gasteiger partial charge in [-0.2, -0.15) is 0 Å². The zero-order valence-electron chi connectivity index (χ0n) is 16.0. The third-order valence-electron chi connectivity index (χ3n) is 4.36. The largest absolute Gasteiger partial charge is 0.481 e. The zero-order valence-corrected chi connectivity index (χ0v) is 16.8. The zero-order chi connectivity index (χ0) is 19.6. The van der Waals surface area contributed by atoms with Crippen LogP contribution in [0.1, 0.15) is 38.8 Å². The van der Waals surface area contributed by atoms with Crippen LogP contribution in [-0.2, 0) is 4.79 Å². The highest BCUT2D eigenvalue weighted by Crippen LogP contribution is 2.24. The van der Waals surface area contributed by atoms with Crippen LogP contribution in [0.4, 0.5) is 5.69 Å². The highest BCUT2D eigenvalue weighted by atomic mass is 32.1. The molecule has 0 spiro atoms. The number of hydrogen-bond donors (Lipinski definition) is 1. The summed E-state index contributed by atoms with van der Waals surface area (Å²) in [5, 5.41) is 2.91. The standard InChI is InChI=1S/C21H24N2O3S/c1-5-18(26-16-9-6-14(4)7-10-16)20(24)22-15-8-11-17-19(12-15)27-21(25)23(17)13(2)3/h6-13,18H,5H2,1-4H3,(H,22,24)/t18-/m0/s1. The molecule has 0 aliphatic carbocycles. The van der Waals surface area contributed by atoms with Gasteiger partial charge in [-0.1, -0.05) is 36.0 Å². The Morgan fingerprint density at radius 3 is 2.52 bits per heavy atom. The second-order valence-corrected chi connectivity index (χ2v) is 7.82. The molecule has 0 aliphatic heterocycles. The maximum atomic E-state index is 12.6. The molecule has 0 fully saturated rings. The van der Waals surface area contributed by atoms with Gasteiger partial charge in [0.1, 0.15) is 5.75 Å². The van der Waals surface area contributed by atoms with E-state index in [0.29, 0.717) is 17.9 Å². The van der Waals surface area contributed by atoms with Gasteiger partial charge >= 0.3 is 4.87 Å². The molecule has 3 rings (SSSR count). The molecule has 27 heavy (non-hydrogen) atoms. The summed E-state index contributed by atoms with van der Waals surface area (Å²) in [6.07, 6.45) is -0.0265. The van der Waals surface area contributed by atoms with Crippen molar-refractivity contribution < 1.29 is 9.53 Å². The van der Waals surface area contributed by atoms with E-state index >= 15 is 0 Å². The van der Waals surface area contributed by atoms with E-state index in [2.05, 4.69) is 5.32 Å². The number of carbonyl (C=O) groups is 1. The van der Waals surface area contributed by atoms with Crippen LogP contribution in [0.5, 0.6) is 5.75 Å². The van der Waals surface area contributed by atoms with Crippen molar-refractivity contribution in [1.29, 1.82) is 0 Å². The monoisotopic (exact) mass is 384 g/mol. The molecule has 1 N–H and O–H groups in total. The van der Waals surface area contributed by atoms with E-state index in [1.807, 2.05) is 70.2 Å². The van der Waals surface area contributed by atoms with E-state index in [1.54, 1.807) is 4.57 Å². The number of amides is 1. The minimum absolute atomic E-state index is 0.0117. The smallest absolute Gasteiger partial charge is 0.308 e. The minimum atomic E-state index is -0.581. The summed E-state index contributed by atoms with van der Waals surface area (Å²) >= 11 is 1.19. The predicted molar refractivity (Wildman–Crippen MR) is 111 cm³/mol. The molecule has 5 nitrogen and oxygen atoms in total. The van der Waals surface area contributed by atoms with Crippen molar-refractivity contribution in [2.24, 2.45) is 0 Å². The van der Waals surface area contributed by atoms with Gasteiger partial charge in [0.05, 0.1) is 10.2 Å². The van der Waals surface area contributed by atoms with Gasteiger partial charge in [-0.05, 0) is 57.5 Å². The number of nitrogens with zero attached hydrogens (tertiary/aromatic N) is 1. The molecule has 0 saturated heterocycles. The Morgan fingerprint density at radius 2 is 1.89 bits per heavy atom. The van der Waals surface area contributed by atoms with Gasteiger partial charge in [0.2, 0.25) is 0 Å². The maximum Gasteiger partial charge on any atom is 0.308 e. The number of rotatable bonds is 6. The van der Waals surface area contributed by atoms with Crippen LogP contribution in [0.3, 0.4) is 0 Å². The van der Waals surface area contributed by atoms with Gasteiger partial charge < -0.3 is 10.1 Å². The summed E-state index contributed by atoms with van der Waals surface area (Å²) in [4.78, 5) is 24.8. The molecule has 142 valence electrons. The van der Waals surface area contributed by atoms with Crippen molar-refractivity contribution in [1.82, 2.24) is 4.57 Å². The summed E-state index contributed by atoms with van der Waals surface area (Å²) in [5.74, 6) is 0.471. The fraction of sp³-hybridized carbons (Fsp3) is 0.333. The Balaban J connectivity index is 1.77. The Kier molecular flexibility index (Phi) is 5.65. The predicted octanol–water partition coefficient (Wildman–Crippen LogP) is 4.75. The SMILES string of the molecule is CC[C@H](Oc1ccc(C)cc1)C(=O)Nc1ccc2c(c1)sc(=O)n2C(C)C. The van der Waals surface area contributed by atoms with Crippen molar-refractivity contribution in [3.63, 3.8) is 0 Å². The Morgan fingerprint density at radius 1 is 1.19 bits per heavy atom. The molecule has 2 aromatic carbocycles. The molecule has 0 aliphatic rings. The molecule has 0 unspecified atom stereocenters. The third-order valence-corrected chi connectivity index (χ3v) is 5.28. The van der Waals surface area contributed by atoms with E-state index < -0.39 is 6.10 Å². The molecule has 0 radical (unpaired) electrons. The summed E-state index contributed by atoms with van der Waals surface area (Å²) in [6.45, 7) is 7.88. The topological polar surface area (TPSA) is 60.3 Å². The van der Waals surface area contributed by atoms with Crippen LogP contribution < -0.4 is 14.9 Å². The van der Waals surface area contributed by atoms with Gasteiger partial charge in [-0.15, -0.1) is 0 Å². The number of thiazole rings is 1. The highest BCUT2D eigenvalue weighted by Gasteiger charge is 2.19. The van der Waals surface area contributed by atoms with Gasteiger partial charge in [0.15, 0.2) is 6.10 Å². The second-order valence-electron chi connectivity index (χ2n) is 6.83. The first kappa shape index (κ1) is 19.2. The molecule has 0 saturated carbocycles. The van der Waals surface area contributed by atoms with Gasteiger partial charge in [-0.3, -0.25) is 14.2 Å². The number of aromatic nitrogens is 1. The first-order chi connectivity index (χ1) is 12.9. The van der Waals surface area contributed by atoms with Crippen LogP contribution in [-0.4, -0.2) is 16.6 Å². The summed E-state index contributed by atoms with van der Waals surface area (Å²) in [5.41, 5.74) is 2.69. The van der Waals surface area contributed by atoms with Crippen molar-refractivity contribution in [2.45, 2.75) is 46.3 Å². The van der Waals surface area contributed by atoms with E-state index in [-0.39, 0.29) is 16.8 Å². The number of anilines is 1. The number of carbonyl (C=O) groups excluding carboxylic acids is 1. The maximum absolute atomic E-state index is 12.6. The fourth-order valence-electron chi connectivity index (χ4n) is 2.93. The summed E-state index contributed by atoms with van der Waals surface area (Å²) in [7, 11) is 0. The van der Waals surface area contributed by atoms with E-state index in [4.69, 9.17) is 4.74 Å². The number of ether oxygens (including phenoxy) is 1. The average Bonchev–Trinajstić information content (AvgIpc) is 2.96. The fourth-order valence-corrected chi connectivity index (χ4v) is 3.98. The van der Waals surface area contributed by atoms with E-state index in [1.165, 1.54) is 11.3 Å². The number of hydrogen-bond acceptors (Lipinski definition) is 4. The number of fused-ring (bicyclic) bond motifs is 1. The molecule has 0 bridgehead atoms. The van der Waals surface area contributed by atoms with Gasteiger partial charge in [0, 0.05) is 11.7 Å². The lowest BCUT2D eigenvalue weighted by Crippen LogP contribution is -2.32. The van der Waals surface area contributed by atoms with Crippen LogP contribution in [0.15, 0.2) is 47.3 Å². The lowest BCUT2D eigenvalue weighted by Gasteiger charge is -2.17. The lowest BCUT2D eigenvalue weighted by atomic mass is 10.2. The molecule has 6 heteroatoms. The number of benzene rings is 2. The van der Waals surface area contributed by atoms with Crippen LogP contribution in [0, 0.1) is 6.92 Å². The molecule has 1 amide bonds. The molecule has 3 aromatic rings. The average molecular weight is 385 g/mol. The van der Waals surface area contributed by atoms with Gasteiger partial charge in [-0.25, -0.2) is 0 Å². The lowest BCUT2D eigenvalue weighted by molar-refractivity contribution is -0.122. The summed E-state index contributed by atoms with van der Waals surface area (Å²) in [6, 6.07) is 13.3. The highest BCUT2D eigenvalue weighted by molar-refractivity contribution is 7.16. The second kappa shape index (κ2) is 7.96. The molecule has 1 atom stereocenters. The van der Waals surface area contributed by atoms with Crippen molar-refractivity contribution in [2.75, 3.05) is 5.32 Å². The first-order valence-corrected chi connectivity index (χ1v) is 9.90. The number of aryl methyl sites for hydroxylation is 1. The van der Waals surface area contributed by atoms with Crippen LogP contribution in [0.25, 0.3) is 10.2 Å². The quantitative estimate of drug-likeness (QED) is 0.667. The molecule has 1 heterocycles. The third kappa shape index (κ3) is 4.22. The van der Waals surface area contributed by atoms with E-state index in [0.717, 1.165) is 15.8 Å². The van der Waals surface area contributed by atoms with E-state index in [9.17, 15) is 9.59 Å². The Hall–Kier alpha value is -2.60. The van der Waals surface area contributed by atoms with Crippen molar-refractivity contribution in [3.05, 3.63) is 57.7 Å². The summed E-state index contributed by atoms with van der Waals surface area (Å²) < 4.78 is 8.46. The minimum Gasteiger partial charge on any atom is -0.481 e. The van der Waals surface area contributed by atoms with Crippen LogP contribution >= 0.6 is 11.3 Å². The van der Waals surface area contributed by atoms with Crippen LogP contribution in [0.2, 0.25) is 0 Å². The number of nitrogens with one attached hydrogen (secondary N) is 1. The normalized spacial score (nSPS) is 12.3. The Labute approximate surface area is 162 Å². The van der Waals surface area contributed by atoms with Crippen molar-refractivity contribution in [3.8, 4) is 5.75 Å². The molecule has 1 aromatic heterocycles. The molecular formula is C21H24N2O3S. The van der Waals surface area contributed by atoms with Gasteiger partial charge in [0.25, 0.3) is 5.91 Å². The molecular weight excluding hydrogens is 360 g/mol. The van der Waals surface area contributed by atoms with Crippen molar-refractivity contribution >= 4 is 33.1 Å².